The van der Waals surface area contributed by atoms with E-state index in [-0.39, 0.29) is 18.4 Å². The Kier molecular flexibility index (Phi) is 3.77. The van der Waals surface area contributed by atoms with Crippen molar-refractivity contribution in [3.05, 3.63) is 0 Å². The van der Waals surface area contributed by atoms with Crippen molar-refractivity contribution in [2.24, 2.45) is 5.73 Å². The van der Waals surface area contributed by atoms with E-state index in [2.05, 4.69) is 10.2 Å². The maximum Gasteiger partial charge on any atom is 0.131 e. The minimum atomic E-state index is -0.512. The number of rotatable bonds is 5. The highest BCUT2D eigenvalue weighted by Gasteiger charge is 2.63. The number of ether oxygens (including phenoxy) is 3. The smallest absolute Gasteiger partial charge is 0.131 e. The minimum Gasteiger partial charge on any atom is -0.382 e. The summed E-state index contributed by atoms with van der Waals surface area (Å²) in [7, 11) is 11.1. The summed E-state index contributed by atoms with van der Waals surface area (Å²) in [6.45, 7) is 1.10. The molecule has 2 fully saturated rings. The monoisotopic (exact) mass is 241 g/mol. The zero-order chi connectivity index (χ0) is 12.6. The lowest BCUT2D eigenvalue weighted by Gasteiger charge is -2.38. The van der Waals surface area contributed by atoms with Gasteiger partial charge < -0.3 is 19.9 Å². The zero-order valence-electron chi connectivity index (χ0n) is 10.6. The van der Waals surface area contributed by atoms with Gasteiger partial charge in [0.05, 0.1) is 12.6 Å². The van der Waals surface area contributed by atoms with Crippen LogP contribution in [-0.4, -0.2) is 77.2 Å². The number of nitrogens with one attached hydrogen (secondary N) is 1. The molecular formula is C10H20BN3O3. The summed E-state index contributed by atoms with van der Waals surface area (Å²) in [5.74, 6) is 0. The van der Waals surface area contributed by atoms with Gasteiger partial charge in [-0.15, -0.1) is 0 Å². The Hall–Kier alpha value is -0.175. The van der Waals surface area contributed by atoms with E-state index >= 15 is 0 Å². The Morgan fingerprint density at radius 1 is 1.65 bits per heavy atom. The van der Waals surface area contributed by atoms with Crippen LogP contribution in [0.15, 0.2) is 0 Å². The number of nitrogens with zero attached hydrogens (tertiary/aromatic N) is 1. The standard InChI is InChI=1S/C10H20BN3O3/c1-13-9(12)14-4-10(5-15-2)7(16-3)6(14)8(11)17-10/h6-9,13H,4-5,12H2,1-3H3/t6?,7?,8-,9?,10-/m1/s1. The van der Waals surface area contributed by atoms with Crippen molar-refractivity contribution in [2.45, 2.75) is 30.0 Å². The molecule has 2 aliphatic heterocycles. The third-order valence-electron chi connectivity index (χ3n) is 3.66. The van der Waals surface area contributed by atoms with Crippen LogP contribution >= 0.6 is 0 Å². The fourth-order valence-electron chi connectivity index (χ4n) is 3.01. The van der Waals surface area contributed by atoms with Gasteiger partial charge in [0.15, 0.2) is 0 Å². The molecule has 0 aromatic carbocycles. The van der Waals surface area contributed by atoms with Crippen molar-refractivity contribution in [3.63, 3.8) is 0 Å². The third kappa shape index (κ3) is 1.91. The number of likely N-dealkylation sites (tertiary alicyclic amines) is 1. The summed E-state index contributed by atoms with van der Waals surface area (Å²) in [5, 5.41) is 3.01. The van der Waals surface area contributed by atoms with Crippen molar-refractivity contribution in [1.82, 2.24) is 10.2 Å². The zero-order valence-corrected chi connectivity index (χ0v) is 10.6. The molecule has 2 bridgehead atoms. The summed E-state index contributed by atoms with van der Waals surface area (Å²) >= 11 is 0. The molecule has 0 aromatic rings. The van der Waals surface area contributed by atoms with Gasteiger partial charge in [-0.2, -0.15) is 0 Å². The van der Waals surface area contributed by atoms with Crippen LogP contribution in [-0.2, 0) is 14.2 Å². The highest BCUT2D eigenvalue weighted by Crippen LogP contribution is 2.42. The van der Waals surface area contributed by atoms with Crippen LogP contribution in [0.2, 0.25) is 0 Å². The third-order valence-corrected chi connectivity index (χ3v) is 3.66. The van der Waals surface area contributed by atoms with Crippen LogP contribution in [0.5, 0.6) is 0 Å². The van der Waals surface area contributed by atoms with Gasteiger partial charge in [0.2, 0.25) is 0 Å². The Morgan fingerprint density at radius 2 is 2.35 bits per heavy atom. The van der Waals surface area contributed by atoms with E-state index in [0.29, 0.717) is 13.2 Å². The van der Waals surface area contributed by atoms with E-state index in [1.165, 1.54) is 0 Å². The van der Waals surface area contributed by atoms with E-state index in [1.54, 1.807) is 14.2 Å². The van der Waals surface area contributed by atoms with Gasteiger partial charge in [-0.3, -0.25) is 10.2 Å². The molecule has 0 saturated carbocycles. The Labute approximate surface area is 103 Å². The lowest BCUT2D eigenvalue weighted by Crippen LogP contribution is -2.59. The molecule has 7 heteroatoms. The quantitative estimate of drug-likeness (QED) is 0.431. The van der Waals surface area contributed by atoms with Crippen molar-refractivity contribution >= 4 is 7.85 Å². The SMILES string of the molecule is [B][C@@H]1O[C@@]2(COC)CN(C(N)NC)C1C2OC. The molecular weight excluding hydrogens is 221 g/mol. The van der Waals surface area contributed by atoms with Crippen molar-refractivity contribution in [2.75, 3.05) is 34.4 Å². The van der Waals surface area contributed by atoms with Crippen LogP contribution in [0.25, 0.3) is 0 Å². The van der Waals surface area contributed by atoms with Crippen LogP contribution in [0.3, 0.4) is 0 Å². The van der Waals surface area contributed by atoms with Crippen molar-refractivity contribution in [3.8, 4) is 0 Å². The predicted octanol–water partition coefficient (Wildman–Crippen LogP) is -1.94. The van der Waals surface area contributed by atoms with Gasteiger partial charge in [-0.25, -0.2) is 0 Å². The average molecular weight is 241 g/mol. The first-order valence-corrected chi connectivity index (χ1v) is 5.73. The summed E-state index contributed by atoms with van der Waals surface area (Å²) in [4.78, 5) is 2.07. The van der Waals surface area contributed by atoms with Crippen molar-refractivity contribution < 1.29 is 14.2 Å². The average Bonchev–Trinajstić information content (AvgIpc) is 2.76. The fraction of sp³-hybridized carbons (Fsp3) is 1.00. The maximum atomic E-state index is 6.01. The highest BCUT2D eigenvalue weighted by molar-refractivity contribution is 6.12. The molecule has 17 heavy (non-hydrogen) atoms. The second-order valence-corrected chi connectivity index (χ2v) is 4.63. The molecule has 2 radical (unpaired) electrons. The summed E-state index contributed by atoms with van der Waals surface area (Å²) in [5.41, 5.74) is 5.49. The van der Waals surface area contributed by atoms with Gasteiger partial charge in [-0.1, -0.05) is 0 Å². The summed E-state index contributed by atoms with van der Waals surface area (Å²) in [6.07, 6.45) is -0.372. The second kappa shape index (κ2) is 4.83. The highest BCUT2D eigenvalue weighted by atomic mass is 16.6. The second-order valence-electron chi connectivity index (χ2n) is 4.63. The van der Waals surface area contributed by atoms with Gasteiger partial charge in [-0.05, 0) is 7.05 Å². The topological polar surface area (TPSA) is 69.0 Å². The first kappa shape index (κ1) is 13.3. The number of morpholine rings is 1. The van der Waals surface area contributed by atoms with Crippen LogP contribution < -0.4 is 11.1 Å². The molecule has 2 heterocycles. The van der Waals surface area contributed by atoms with Crippen molar-refractivity contribution in [1.29, 1.82) is 0 Å². The minimum absolute atomic E-state index is 0.0439. The number of fused-ring (bicyclic) bond motifs is 2. The lowest BCUT2D eigenvalue weighted by atomic mass is 9.90. The Balaban J connectivity index is 2.23. The molecule has 3 unspecified atom stereocenters. The van der Waals surface area contributed by atoms with E-state index in [9.17, 15) is 0 Å². The van der Waals surface area contributed by atoms with Crippen LogP contribution in [0.4, 0.5) is 0 Å². The normalized spacial score (nSPS) is 43.2. The van der Waals surface area contributed by atoms with E-state index < -0.39 is 11.6 Å². The lowest BCUT2D eigenvalue weighted by molar-refractivity contribution is -0.124. The predicted molar refractivity (Wildman–Crippen MR) is 63.6 cm³/mol. The number of nitrogens with two attached hydrogens (primary N) is 1. The largest absolute Gasteiger partial charge is 0.382 e. The van der Waals surface area contributed by atoms with E-state index in [4.69, 9.17) is 27.8 Å². The molecule has 6 nitrogen and oxygen atoms in total. The molecule has 96 valence electrons. The van der Waals surface area contributed by atoms with E-state index in [1.807, 2.05) is 7.05 Å². The number of hydrogen-bond donors (Lipinski definition) is 2. The molecule has 0 aromatic heterocycles. The van der Waals surface area contributed by atoms with Gasteiger partial charge >= 0.3 is 0 Å². The number of methoxy groups -OCH3 is 2. The van der Waals surface area contributed by atoms with E-state index in [0.717, 1.165) is 0 Å². The van der Waals surface area contributed by atoms with Gasteiger partial charge in [0.1, 0.15) is 25.8 Å². The van der Waals surface area contributed by atoms with Crippen LogP contribution in [0, 0.1) is 0 Å². The summed E-state index contributed by atoms with van der Waals surface area (Å²) < 4.78 is 16.6. The first-order chi connectivity index (χ1) is 8.09. The van der Waals surface area contributed by atoms with Gasteiger partial charge in [0, 0.05) is 26.8 Å². The molecule has 5 atom stereocenters. The fourth-order valence-corrected chi connectivity index (χ4v) is 3.01. The molecule has 0 aliphatic carbocycles. The molecule has 2 rings (SSSR count). The maximum absolute atomic E-state index is 6.01. The molecule has 2 aliphatic rings. The summed E-state index contributed by atoms with van der Waals surface area (Å²) in [6, 6.07) is -0.444. The first-order valence-electron chi connectivity index (χ1n) is 5.73. The molecule has 3 N–H and O–H groups in total. The Bertz CT molecular complexity index is 284. The molecule has 0 spiro atoms. The molecule has 2 saturated heterocycles. The Morgan fingerprint density at radius 3 is 2.88 bits per heavy atom. The molecule has 0 amide bonds. The van der Waals surface area contributed by atoms with Crippen LogP contribution in [0.1, 0.15) is 0 Å². The van der Waals surface area contributed by atoms with Gasteiger partial charge in [0.25, 0.3) is 0 Å². The number of hydrogen-bond acceptors (Lipinski definition) is 6.